The Bertz CT molecular complexity index is 1080. The Labute approximate surface area is 199 Å². The Kier molecular flexibility index (Phi) is 5.80. The first-order valence-corrected chi connectivity index (χ1v) is 12.1. The van der Waals surface area contributed by atoms with Gasteiger partial charge < -0.3 is 20.1 Å². The number of aliphatic carboxylic acids is 1. The second-order valence-corrected chi connectivity index (χ2v) is 9.59. The molecule has 2 aromatic rings. The fraction of sp³-hybridized carbons (Fsp3) is 0.444. The summed E-state index contributed by atoms with van der Waals surface area (Å²) in [5.74, 6) is -1.32. The number of carboxylic acids is 1. The van der Waals surface area contributed by atoms with Gasteiger partial charge >= 0.3 is 12.1 Å². The minimum atomic E-state index is -1.13. The lowest BCUT2D eigenvalue weighted by Crippen LogP contribution is -2.57. The molecule has 2 aromatic carbocycles. The number of fused-ring (bicyclic) bond motifs is 5. The molecule has 2 N–H and O–H groups in total. The highest BCUT2D eigenvalue weighted by atomic mass is 16.5. The minimum Gasteiger partial charge on any atom is -0.479 e. The maximum Gasteiger partial charge on any atom is 0.407 e. The number of carbonyl (C=O) groups is 3. The molecule has 5 rings (SSSR count). The van der Waals surface area contributed by atoms with E-state index in [9.17, 15) is 19.5 Å². The van der Waals surface area contributed by atoms with Crippen LogP contribution in [-0.2, 0) is 14.3 Å². The van der Waals surface area contributed by atoms with Crippen molar-refractivity contribution in [1.82, 2.24) is 10.2 Å². The number of hydrogen-bond donors (Lipinski definition) is 2. The molecule has 0 spiro atoms. The summed E-state index contributed by atoms with van der Waals surface area (Å²) in [6.07, 6.45) is 2.81. The van der Waals surface area contributed by atoms with E-state index >= 15 is 0 Å². The van der Waals surface area contributed by atoms with E-state index in [2.05, 4.69) is 29.6 Å². The van der Waals surface area contributed by atoms with Crippen LogP contribution in [-0.4, -0.2) is 52.2 Å². The summed E-state index contributed by atoms with van der Waals surface area (Å²) in [4.78, 5) is 39.8. The van der Waals surface area contributed by atoms with Crippen molar-refractivity contribution >= 4 is 18.0 Å². The highest BCUT2D eigenvalue weighted by Gasteiger charge is 2.59. The number of rotatable bonds is 7. The molecular weight excluding hydrogens is 432 g/mol. The number of benzene rings is 2. The highest BCUT2D eigenvalue weighted by Crippen LogP contribution is 2.47. The predicted molar refractivity (Wildman–Crippen MR) is 126 cm³/mol. The van der Waals surface area contributed by atoms with Gasteiger partial charge in [0, 0.05) is 12.0 Å². The fourth-order valence-electron chi connectivity index (χ4n) is 6.13. The summed E-state index contributed by atoms with van der Waals surface area (Å²) >= 11 is 0. The number of hydrogen-bond acceptors (Lipinski definition) is 4. The average molecular weight is 463 g/mol. The maximum absolute atomic E-state index is 13.4. The van der Waals surface area contributed by atoms with Crippen LogP contribution in [0.25, 0.3) is 11.1 Å². The zero-order valence-corrected chi connectivity index (χ0v) is 19.3. The number of carbonyl (C=O) groups excluding carboxylic acids is 2. The number of nitrogens with one attached hydrogen (secondary N) is 1. The molecule has 1 aliphatic carbocycles. The van der Waals surface area contributed by atoms with Crippen molar-refractivity contribution in [3.05, 3.63) is 59.7 Å². The molecule has 0 radical (unpaired) electrons. The predicted octanol–water partition coefficient (Wildman–Crippen LogP) is 4.30. The first kappa shape index (κ1) is 22.4. The maximum atomic E-state index is 13.4. The number of nitrogens with zero attached hydrogens (tertiary/aromatic N) is 1. The van der Waals surface area contributed by atoms with Gasteiger partial charge in [0.1, 0.15) is 18.2 Å². The largest absolute Gasteiger partial charge is 0.479 e. The molecule has 1 atom stereocenters. The molecule has 7 heteroatoms. The first-order valence-electron chi connectivity index (χ1n) is 12.1. The van der Waals surface area contributed by atoms with Gasteiger partial charge in [-0.15, -0.1) is 0 Å². The summed E-state index contributed by atoms with van der Waals surface area (Å²) in [5.41, 5.74) is 3.41. The zero-order chi connectivity index (χ0) is 23.9. The SMILES string of the molecule is CCC[C@@H](NC(=O)OCC1c2ccccc2-c2ccccc21)C(=O)N1C2CCC1(C(=O)O)CC2. The van der Waals surface area contributed by atoms with E-state index in [-0.39, 0.29) is 24.5 Å². The van der Waals surface area contributed by atoms with Crippen molar-refractivity contribution in [3.63, 3.8) is 0 Å². The molecule has 2 fully saturated rings. The molecular formula is C27H30N2O5. The van der Waals surface area contributed by atoms with Crippen LogP contribution in [0.15, 0.2) is 48.5 Å². The second-order valence-electron chi connectivity index (χ2n) is 9.59. The lowest BCUT2D eigenvalue weighted by atomic mass is 9.88. The number of carboxylic acid groups (broad SMARTS) is 1. The van der Waals surface area contributed by atoms with E-state index in [4.69, 9.17) is 4.74 Å². The van der Waals surface area contributed by atoms with E-state index < -0.39 is 23.6 Å². The van der Waals surface area contributed by atoms with Crippen LogP contribution >= 0.6 is 0 Å². The molecule has 178 valence electrons. The van der Waals surface area contributed by atoms with Gasteiger partial charge in [-0.3, -0.25) is 4.79 Å². The Morgan fingerprint density at radius 2 is 1.65 bits per heavy atom. The van der Waals surface area contributed by atoms with Crippen molar-refractivity contribution in [3.8, 4) is 11.1 Å². The smallest absolute Gasteiger partial charge is 0.407 e. The standard InChI is InChI=1S/C27H30N2O5/c1-2-7-23(24(30)29-17-12-14-27(29,15-13-17)25(31)32)28-26(33)34-16-22-20-10-5-3-8-18(20)19-9-4-6-11-21(19)22/h3-6,8-11,17,22-23H,2,7,12-16H2,1H3,(H,28,33)(H,31,32)/t17?,23-,27?/m1/s1. The monoisotopic (exact) mass is 462 g/mol. The van der Waals surface area contributed by atoms with Crippen LogP contribution < -0.4 is 5.32 Å². The molecule has 0 unspecified atom stereocenters. The molecule has 3 aliphatic rings. The van der Waals surface area contributed by atoms with Crippen molar-refractivity contribution in [2.24, 2.45) is 0 Å². The lowest BCUT2D eigenvalue weighted by Gasteiger charge is -2.33. The van der Waals surface area contributed by atoms with Gasteiger partial charge in [0.25, 0.3) is 0 Å². The van der Waals surface area contributed by atoms with Crippen LogP contribution in [0.1, 0.15) is 62.5 Å². The second kappa shape index (κ2) is 8.78. The van der Waals surface area contributed by atoms with Gasteiger partial charge in [-0.1, -0.05) is 61.9 Å². The van der Waals surface area contributed by atoms with Gasteiger partial charge in [-0.2, -0.15) is 0 Å². The molecule has 2 amide bonds. The van der Waals surface area contributed by atoms with Gasteiger partial charge in [0.2, 0.25) is 5.91 Å². The van der Waals surface area contributed by atoms with E-state index in [0.717, 1.165) is 22.3 Å². The van der Waals surface area contributed by atoms with Crippen LogP contribution in [0.4, 0.5) is 4.79 Å². The molecule has 0 aromatic heterocycles. The van der Waals surface area contributed by atoms with Gasteiger partial charge in [0.15, 0.2) is 0 Å². The molecule has 2 aliphatic heterocycles. The summed E-state index contributed by atoms with van der Waals surface area (Å²) in [5, 5.41) is 12.6. The third-order valence-corrected chi connectivity index (χ3v) is 7.76. The van der Waals surface area contributed by atoms with Crippen molar-refractivity contribution in [1.29, 1.82) is 0 Å². The van der Waals surface area contributed by atoms with E-state index in [1.165, 1.54) is 0 Å². The Hall–Kier alpha value is -3.35. The topological polar surface area (TPSA) is 95.9 Å². The fourth-order valence-corrected chi connectivity index (χ4v) is 6.13. The van der Waals surface area contributed by atoms with Gasteiger partial charge in [0.05, 0.1) is 0 Å². The van der Waals surface area contributed by atoms with E-state index in [1.54, 1.807) is 4.90 Å². The van der Waals surface area contributed by atoms with E-state index in [0.29, 0.717) is 38.5 Å². The Balaban J connectivity index is 1.28. The number of ether oxygens (including phenoxy) is 1. The Morgan fingerprint density at radius 3 is 2.21 bits per heavy atom. The molecule has 34 heavy (non-hydrogen) atoms. The van der Waals surface area contributed by atoms with E-state index in [1.807, 2.05) is 31.2 Å². The molecule has 2 bridgehead atoms. The van der Waals surface area contributed by atoms with Gasteiger partial charge in [-0.05, 0) is 54.4 Å². The van der Waals surface area contributed by atoms with Crippen molar-refractivity contribution in [2.75, 3.05) is 6.61 Å². The molecule has 0 saturated carbocycles. The first-order chi connectivity index (χ1) is 16.5. The summed E-state index contributed by atoms with van der Waals surface area (Å²) in [7, 11) is 0. The Morgan fingerprint density at radius 1 is 1.06 bits per heavy atom. The number of alkyl carbamates (subject to hydrolysis) is 1. The molecule has 2 saturated heterocycles. The third-order valence-electron chi connectivity index (χ3n) is 7.76. The van der Waals surface area contributed by atoms with Crippen molar-refractivity contribution < 1.29 is 24.2 Å². The summed E-state index contributed by atoms with van der Waals surface area (Å²) in [6, 6.07) is 15.4. The van der Waals surface area contributed by atoms with Crippen molar-refractivity contribution in [2.45, 2.75) is 69.0 Å². The average Bonchev–Trinajstić information content (AvgIpc) is 3.51. The minimum absolute atomic E-state index is 0.0627. The number of amides is 2. The summed E-state index contributed by atoms with van der Waals surface area (Å²) in [6.45, 7) is 2.10. The normalized spacial score (nSPS) is 23.3. The lowest BCUT2D eigenvalue weighted by molar-refractivity contribution is -0.156. The van der Waals surface area contributed by atoms with Crippen LogP contribution in [0.2, 0.25) is 0 Å². The van der Waals surface area contributed by atoms with Gasteiger partial charge in [-0.25, -0.2) is 9.59 Å². The highest BCUT2D eigenvalue weighted by molar-refractivity contribution is 5.93. The van der Waals surface area contributed by atoms with Crippen LogP contribution in [0, 0.1) is 0 Å². The van der Waals surface area contributed by atoms with Crippen LogP contribution in [0.5, 0.6) is 0 Å². The molecule has 7 nitrogen and oxygen atoms in total. The zero-order valence-electron chi connectivity index (χ0n) is 19.3. The molecule has 2 heterocycles. The summed E-state index contributed by atoms with van der Waals surface area (Å²) < 4.78 is 5.63. The third kappa shape index (κ3) is 3.54. The van der Waals surface area contributed by atoms with Crippen LogP contribution in [0.3, 0.4) is 0 Å². The quantitative estimate of drug-likeness (QED) is 0.640.